The molecule has 0 amide bonds. The molecule has 0 unspecified atom stereocenters. The highest BCUT2D eigenvalue weighted by molar-refractivity contribution is 5.24. The molecular formula is C13H18O. The molecule has 0 aromatic heterocycles. The Morgan fingerprint density at radius 3 is 2.43 bits per heavy atom. The Balaban J connectivity index is 3.07. The van der Waals surface area contributed by atoms with Crippen LogP contribution in [0.3, 0.4) is 0 Å². The van der Waals surface area contributed by atoms with E-state index in [1.54, 1.807) is 6.08 Å². The van der Waals surface area contributed by atoms with Crippen molar-refractivity contribution in [3.05, 3.63) is 48.6 Å². The zero-order chi connectivity index (χ0) is 10.6. The van der Waals surface area contributed by atoms with Crippen LogP contribution in [0.25, 0.3) is 0 Å². The van der Waals surface area contributed by atoms with Crippen molar-refractivity contribution in [1.29, 1.82) is 0 Å². The molecule has 0 aliphatic rings. The van der Waals surface area contributed by atoms with Crippen molar-refractivity contribution in [2.75, 3.05) is 0 Å². The zero-order valence-electron chi connectivity index (χ0n) is 8.90. The lowest BCUT2D eigenvalue weighted by atomic mass is 9.80. The summed E-state index contributed by atoms with van der Waals surface area (Å²) in [6, 6.07) is 9.78. The molecule has 76 valence electrons. The Kier molecular flexibility index (Phi) is 3.48. The first-order valence-electron chi connectivity index (χ1n) is 5.05. The van der Waals surface area contributed by atoms with Crippen molar-refractivity contribution in [1.82, 2.24) is 0 Å². The number of aliphatic hydroxyl groups is 1. The van der Waals surface area contributed by atoms with Crippen molar-refractivity contribution in [3.8, 4) is 0 Å². The zero-order valence-corrected chi connectivity index (χ0v) is 8.90. The second kappa shape index (κ2) is 4.43. The summed E-state index contributed by atoms with van der Waals surface area (Å²) in [5.41, 5.74) is 0.193. The van der Waals surface area contributed by atoms with E-state index < -0.39 is 5.60 Å². The van der Waals surface area contributed by atoms with Crippen LogP contribution in [0.2, 0.25) is 0 Å². The molecule has 1 aromatic carbocycles. The number of hydrogen-bond acceptors (Lipinski definition) is 1. The third-order valence-corrected chi connectivity index (χ3v) is 2.92. The second-order valence-corrected chi connectivity index (χ2v) is 3.67. The maximum atomic E-state index is 10.5. The molecule has 0 fully saturated rings. The van der Waals surface area contributed by atoms with E-state index in [-0.39, 0.29) is 5.92 Å². The topological polar surface area (TPSA) is 20.2 Å². The second-order valence-electron chi connectivity index (χ2n) is 3.67. The Morgan fingerprint density at radius 1 is 1.43 bits per heavy atom. The summed E-state index contributed by atoms with van der Waals surface area (Å²) in [4.78, 5) is 0. The molecule has 0 aliphatic carbocycles. The lowest BCUT2D eigenvalue weighted by Gasteiger charge is -2.32. The molecule has 0 spiro atoms. The standard InChI is InChI=1S/C13H18O/c1-4-11(3)13(14,5-2)12-9-7-6-8-10-12/h4,6-11,14H,1,5H2,2-3H3/t11-,13+/m1/s1. The van der Waals surface area contributed by atoms with Gasteiger partial charge in [0.15, 0.2) is 0 Å². The molecule has 0 saturated heterocycles. The van der Waals surface area contributed by atoms with Gasteiger partial charge in [0.1, 0.15) is 0 Å². The average molecular weight is 190 g/mol. The van der Waals surface area contributed by atoms with Gasteiger partial charge in [-0.15, -0.1) is 6.58 Å². The minimum atomic E-state index is -0.775. The van der Waals surface area contributed by atoms with E-state index in [2.05, 4.69) is 6.58 Å². The lowest BCUT2D eigenvalue weighted by Crippen LogP contribution is -2.31. The molecule has 1 heteroatoms. The van der Waals surface area contributed by atoms with Crippen molar-refractivity contribution < 1.29 is 5.11 Å². The molecule has 1 rings (SSSR count). The summed E-state index contributed by atoms with van der Waals surface area (Å²) in [5.74, 6) is 0.0647. The predicted octanol–water partition coefficient (Wildman–Crippen LogP) is 3.11. The first-order chi connectivity index (χ1) is 6.65. The average Bonchev–Trinajstić information content (AvgIpc) is 2.28. The summed E-state index contributed by atoms with van der Waals surface area (Å²) in [6.07, 6.45) is 2.50. The molecule has 0 aliphatic heterocycles. The van der Waals surface area contributed by atoms with Crippen LogP contribution < -0.4 is 0 Å². The summed E-state index contributed by atoms with van der Waals surface area (Å²) in [5, 5.41) is 10.5. The fourth-order valence-electron chi connectivity index (χ4n) is 1.71. The van der Waals surface area contributed by atoms with Gasteiger partial charge in [-0.1, -0.05) is 50.3 Å². The normalized spacial score (nSPS) is 17.1. The molecule has 0 bridgehead atoms. The van der Waals surface area contributed by atoms with Gasteiger partial charge in [-0.2, -0.15) is 0 Å². The van der Waals surface area contributed by atoms with Crippen LogP contribution in [-0.2, 0) is 5.60 Å². The molecule has 14 heavy (non-hydrogen) atoms. The summed E-state index contributed by atoms with van der Waals surface area (Å²) in [7, 11) is 0. The van der Waals surface area contributed by atoms with Crippen LogP contribution in [0, 0.1) is 5.92 Å². The fourth-order valence-corrected chi connectivity index (χ4v) is 1.71. The van der Waals surface area contributed by atoms with E-state index in [1.807, 2.05) is 44.2 Å². The Morgan fingerprint density at radius 2 is 2.00 bits per heavy atom. The number of benzene rings is 1. The van der Waals surface area contributed by atoms with Crippen LogP contribution in [0.5, 0.6) is 0 Å². The molecular weight excluding hydrogens is 172 g/mol. The molecule has 1 nitrogen and oxygen atoms in total. The van der Waals surface area contributed by atoms with E-state index in [0.29, 0.717) is 6.42 Å². The number of rotatable bonds is 4. The van der Waals surface area contributed by atoms with Gasteiger partial charge >= 0.3 is 0 Å². The SMILES string of the molecule is C=C[C@@H](C)[C@@](O)(CC)c1ccccc1. The highest BCUT2D eigenvalue weighted by Gasteiger charge is 2.31. The van der Waals surface area contributed by atoms with E-state index in [9.17, 15) is 5.11 Å². The summed E-state index contributed by atoms with van der Waals surface area (Å²) >= 11 is 0. The molecule has 2 atom stereocenters. The van der Waals surface area contributed by atoms with E-state index in [1.165, 1.54) is 0 Å². The van der Waals surface area contributed by atoms with E-state index >= 15 is 0 Å². The Hall–Kier alpha value is -1.08. The van der Waals surface area contributed by atoms with Crippen LogP contribution in [0.4, 0.5) is 0 Å². The fraction of sp³-hybridized carbons (Fsp3) is 0.385. The van der Waals surface area contributed by atoms with Crippen molar-refractivity contribution in [2.24, 2.45) is 5.92 Å². The Bertz CT molecular complexity index is 291. The number of hydrogen-bond donors (Lipinski definition) is 1. The van der Waals surface area contributed by atoms with E-state index in [4.69, 9.17) is 0 Å². The van der Waals surface area contributed by atoms with Crippen LogP contribution >= 0.6 is 0 Å². The predicted molar refractivity (Wildman–Crippen MR) is 60.0 cm³/mol. The molecule has 0 heterocycles. The van der Waals surface area contributed by atoms with Gasteiger partial charge in [-0.25, -0.2) is 0 Å². The quantitative estimate of drug-likeness (QED) is 0.723. The van der Waals surface area contributed by atoms with Crippen molar-refractivity contribution in [3.63, 3.8) is 0 Å². The van der Waals surface area contributed by atoms with Gasteiger partial charge in [0, 0.05) is 5.92 Å². The largest absolute Gasteiger partial charge is 0.385 e. The van der Waals surface area contributed by atoms with Crippen LogP contribution in [0.15, 0.2) is 43.0 Å². The molecule has 1 N–H and O–H groups in total. The first-order valence-corrected chi connectivity index (χ1v) is 5.05. The van der Waals surface area contributed by atoms with Gasteiger partial charge in [0.05, 0.1) is 5.60 Å². The maximum Gasteiger partial charge on any atom is 0.0953 e. The molecule has 0 radical (unpaired) electrons. The first kappa shape index (κ1) is 11.0. The highest BCUT2D eigenvalue weighted by atomic mass is 16.3. The van der Waals surface area contributed by atoms with Gasteiger partial charge in [-0.3, -0.25) is 0 Å². The summed E-state index contributed by atoms with van der Waals surface area (Å²) in [6.45, 7) is 7.72. The lowest BCUT2D eigenvalue weighted by molar-refractivity contribution is -0.00307. The van der Waals surface area contributed by atoms with Crippen molar-refractivity contribution >= 4 is 0 Å². The van der Waals surface area contributed by atoms with Crippen molar-refractivity contribution in [2.45, 2.75) is 25.9 Å². The van der Waals surface area contributed by atoms with Gasteiger partial charge in [0.2, 0.25) is 0 Å². The maximum absolute atomic E-state index is 10.5. The highest BCUT2D eigenvalue weighted by Crippen LogP contribution is 2.33. The minimum absolute atomic E-state index is 0.0647. The van der Waals surface area contributed by atoms with Crippen LogP contribution in [0.1, 0.15) is 25.8 Å². The van der Waals surface area contributed by atoms with Gasteiger partial charge < -0.3 is 5.11 Å². The molecule has 0 saturated carbocycles. The monoisotopic (exact) mass is 190 g/mol. The minimum Gasteiger partial charge on any atom is -0.385 e. The Labute approximate surface area is 86.1 Å². The third kappa shape index (κ3) is 1.88. The van der Waals surface area contributed by atoms with Gasteiger partial charge in [-0.05, 0) is 12.0 Å². The summed E-state index contributed by atoms with van der Waals surface area (Å²) < 4.78 is 0. The smallest absolute Gasteiger partial charge is 0.0953 e. The third-order valence-electron chi connectivity index (χ3n) is 2.92. The van der Waals surface area contributed by atoms with Crippen LogP contribution in [-0.4, -0.2) is 5.11 Å². The van der Waals surface area contributed by atoms with Gasteiger partial charge in [0.25, 0.3) is 0 Å². The van der Waals surface area contributed by atoms with E-state index in [0.717, 1.165) is 5.56 Å². The molecule has 1 aromatic rings.